The van der Waals surface area contributed by atoms with E-state index in [0.29, 0.717) is 17.4 Å². The molecule has 2 nitrogen and oxygen atoms in total. The van der Waals surface area contributed by atoms with Gasteiger partial charge in [0.05, 0.1) is 6.10 Å². The number of rotatable bonds is 0. The Morgan fingerprint density at radius 1 is 1.47 bits per heavy atom. The second kappa shape index (κ2) is 3.89. The Labute approximate surface area is 107 Å². The van der Waals surface area contributed by atoms with Gasteiger partial charge >= 0.3 is 0 Å². The van der Waals surface area contributed by atoms with Crippen LogP contribution in [-0.4, -0.2) is 10.7 Å². The van der Waals surface area contributed by atoms with Gasteiger partial charge in [-0.3, -0.25) is 0 Å². The van der Waals surface area contributed by atoms with Crippen LogP contribution in [0.1, 0.15) is 44.3 Å². The molecule has 0 radical (unpaired) electrons. The summed E-state index contributed by atoms with van der Waals surface area (Å²) in [5, 5.41) is 10.9. The van der Waals surface area contributed by atoms with Crippen LogP contribution >= 0.6 is 11.6 Å². The molecular weight excluding hydrogens is 236 g/mol. The molecule has 0 aromatic heterocycles. The molecule has 3 rings (SSSR count). The average Bonchev–Trinajstić information content (AvgIpc) is 2.62. The molecule has 1 fully saturated rings. The van der Waals surface area contributed by atoms with Crippen molar-refractivity contribution in [3.05, 3.63) is 28.8 Å². The SMILES string of the molecule is CC1CCCC12C[C@@H](O)c1cc(Cl)ccc1O2. The van der Waals surface area contributed by atoms with Crippen LogP contribution in [0, 0.1) is 5.92 Å². The lowest BCUT2D eigenvalue weighted by molar-refractivity contribution is -0.0355. The Hall–Kier alpha value is -0.730. The van der Waals surface area contributed by atoms with Gasteiger partial charge in [-0.2, -0.15) is 0 Å². The monoisotopic (exact) mass is 252 g/mol. The van der Waals surface area contributed by atoms with E-state index in [2.05, 4.69) is 6.92 Å². The molecule has 1 aromatic carbocycles. The highest BCUT2D eigenvalue weighted by Gasteiger charge is 2.47. The van der Waals surface area contributed by atoms with Crippen molar-refractivity contribution < 1.29 is 9.84 Å². The maximum Gasteiger partial charge on any atom is 0.126 e. The van der Waals surface area contributed by atoms with Crippen LogP contribution in [0.15, 0.2) is 18.2 Å². The molecule has 2 aliphatic rings. The largest absolute Gasteiger partial charge is 0.487 e. The molecule has 1 saturated carbocycles. The van der Waals surface area contributed by atoms with Crippen molar-refractivity contribution >= 4 is 11.6 Å². The first-order valence-corrected chi connectivity index (χ1v) is 6.65. The van der Waals surface area contributed by atoms with Crippen LogP contribution in [0.3, 0.4) is 0 Å². The molecule has 0 saturated heterocycles. The molecule has 1 aromatic rings. The lowest BCUT2D eigenvalue weighted by Crippen LogP contribution is -2.43. The van der Waals surface area contributed by atoms with Crippen LogP contribution in [0.2, 0.25) is 5.02 Å². The average molecular weight is 253 g/mol. The molecule has 3 atom stereocenters. The van der Waals surface area contributed by atoms with Gasteiger partial charge in [0.25, 0.3) is 0 Å². The fraction of sp³-hybridized carbons (Fsp3) is 0.571. The van der Waals surface area contributed by atoms with E-state index < -0.39 is 6.10 Å². The van der Waals surface area contributed by atoms with Crippen molar-refractivity contribution in [2.75, 3.05) is 0 Å². The number of hydrogen-bond donors (Lipinski definition) is 1. The van der Waals surface area contributed by atoms with Crippen LogP contribution in [0.25, 0.3) is 0 Å². The Morgan fingerprint density at radius 3 is 3.00 bits per heavy atom. The number of fused-ring (bicyclic) bond motifs is 1. The molecule has 1 aliphatic heterocycles. The van der Waals surface area contributed by atoms with Crippen LogP contribution in [-0.2, 0) is 0 Å². The molecule has 0 bridgehead atoms. The van der Waals surface area contributed by atoms with Crippen molar-refractivity contribution in [3.8, 4) is 5.75 Å². The number of hydrogen-bond acceptors (Lipinski definition) is 2. The fourth-order valence-electron chi connectivity index (χ4n) is 3.24. The van der Waals surface area contributed by atoms with Gasteiger partial charge in [-0.25, -0.2) is 0 Å². The van der Waals surface area contributed by atoms with Gasteiger partial charge in [0, 0.05) is 17.0 Å². The standard InChI is InChI=1S/C14H17ClO2/c1-9-3-2-6-14(9)8-12(16)11-7-10(15)4-5-13(11)17-14/h4-5,7,9,12,16H,2-3,6,8H2,1H3/t9?,12-,14?/m1/s1. The zero-order valence-corrected chi connectivity index (χ0v) is 10.7. The van der Waals surface area contributed by atoms with Crippen LogP contribution in [0.5, 0.6) is 5.75 Å². The third kappa shape index (κ3) is 1.74. The van der Waals surface area contributed by atoms with Gasteiger partial charge in [-0.05, 0) is 43.4 Å². The molecule has 1 heterocycles. The minimum absolute atomic E-state index is 0.153. The fourth-order valence-corrected chi connectivity index (χ4v) is 3.42. The molecule has 1 N–H and O–H groups in total. The second-order valence-electron chi connectivity index (χ2n) is 5.36. The molecule has 3 heteroatoms. The Bertz CT molecular complexity index is 446. The molecule has 0 amide bonds. The van der Waals surface area contributed by atoms with Gasteiger partial charge in [0.15, 0.2) is 0 Å². The van der Waals surface area contributed by atoms with Gasteiger partial charge in [-0.1, -0.05) is 18.5 Å². The Balaban J connectivity index is 2.01. The summed E-state index contributed by atoms with van der Waals surface area (Å²) in [6.45, 7) is 2.22. The van der Waals surface area contributed by atoms with Crippen molar-refractivity contribution in [1.82, 2.24) is 0 Å². The number of ether oxygens (including phenoxy) is 1. The minimum Gasteiger partial charge on any atom is -0.487 e. The predicted octanol–water partition coefficient (Wildman–Crippen LogP) is 3.71. The van der Waals surface area contributed by atoms with Crippen molar-refractivity contribution in [2.24, 2.45) is 5.92 Å². The third-order valence-electron chi connectivity index (χ3n) is 4.32. The van der Waals surface area contributed by atoms with Gasteiger partial charge in [-0.15, -0.1) is 0 Å². The highest BCUT2D eigenvalue weighted by atomic mass is 35.5. The third-order valence-corrected chi connectivity index (χ3v) is 4.55. The molecule has 17 heavy (non-hydrogen) atoms. The first kappa shape index (κ1) is 11.4. The highest BCUT2D eigenvalue weighted by molar-refractivity contribution is 6.30. The summed E-state index contributed by atoms with van der Waals surface area (Å²) >= 11 is 5.96. The van der Waals surface area contributed by atoms with E-state index in [1.165, 1.54) is 12.8 Å². The van der Waals surface area contributed by atoms with E-state index in [0.717, 1.165) is 17.7 Å². The summed E-state index contributed by atoms with van der Waals surface area (Å²) in [5.41, 5.74) is 0.683. The summed E-state index contributed by atoms with van der Waals surface area (Å²) in [6, 6.07) is 5.52. The number of benzene rings is 1. The van der Waals surface area contributed by atoms with Crippen LogP contribution < -0.4 is 4.74 Å². The van der Waals surface area contributed by atoms with Crippen molar-refractivity contribution in [1.29, 1.82) is 0 Å². The van der Waals surface area contributed by atoms with E-state index in [9.17, 15) is 5.11 Å². The summed E-state index contributed by atoms with van der Waals surface area (Å²) < 4.78 is 6.20. The van der Waals surface area contributed by atoms with Gasteiger partial charge < -0.3 is 9.84 Å². The number of aliphatic hydroxyl groups excluding tert-OH is 1. The first-order chi connectivity index (χ1) is 8.11. The maximum absolute atomic E-state index is 10.3. The summed E-state index contributed by atoms with van der Waals surface area (Å²) in [4.78, 5) is 0. The lowest BCUT2D eigenvalue weighted by atomic mass is 9.82. The van der Waals surface area contributed by atoms with E-state index in [4.69, 9.17) is 16.3 Å². The zero-order valence-electron chi connectivity index (χ0n) is 9.95. The molecule has 1 aliphatic carbocycles. The Morgan fingerprint density at radius 2 is 2.29 bits per heavy atom. The smallest absolute Gasteiger partial charge is 0.126 e. The van der Waals surface area contributed by atoms with E-state index in [-0.39, 0.29) is 5.60 Å². The molecule has 92 valence electrons. The number of halogens is 1. The normalized spacial score (nSPS) is 35.7. The summed E-state index contributed by atoms with van der Waals surface area (Å²) in [5.74, 6) is 1.32. The summed E-state index contributed by atoms with van der Waals surface area (Å²) in [7, 11) is 0. The van der Waals surface area contributed by atoms with E-state index >= 15 is 0 Å². The predicted molar refractivity (Wildman–Crippen MR) is 67.4 cm³/mol. The van der Waals surface area contributed by atoms with Gasteiger partial charge in [0.2, 0.25) is 0 Å². The molecule has 1 spiro atoms. The second-order valence-corrected chi connectivity index (χ2v) is 5.80. The summed E-state index contributed by atoms with van der Waals surface area (Å²) in [6.07, 6.45) is 3.68. The van der Waals surface area contributed by atoms with E-state index in [1.807, 2.05) is 18.2 Å². The minimum atomic E-state index is -0.446. The van der Waals surface area contributed by atoms with Crippen LogP contribution in [0.4, 0.5) is 0 Å². The Kier molecular flexibility index (Phi) is 2.60. The van der Waals surface area contributed by atoms with Crippen molar-refractivity contribution in [2.45, 2.75) is 44.3 Å². The first-order valence-electron chi connectivity index (χ1n) is 6.27. The van der Waals surface area contributed by atoms with Crippen molar-refractivity contribution in [3.63, 3.8) is 0 Å². The topological polar surface area (TPSA) is 29.5 Å². The lowest BCUT2D eigenvalue weighted by Gasteiger charge is -2.41. The molecule has 2 unspecified atom stereocenters. The maximum atomic E-state index is 10.3. The molecular formula is C14H17ClO2. The van der Waals surface area contributed by atoms with E-state index in [1.54, 1.807) is 0 Å². The number of aliphatic hydroxyl groups is 1. The van der Waals surface area contributed by atoms with Gasteiger partial charge in [0.1, 0.15) is 11.4 Å². The highest BCUT2D eigenvalue weighted by Crippen LogP contribution is 2.50. The quantitative estimate of drug-likeness (QED) is 0.763. The zero-order chi connectivity index (χ0) is 12.0.